The Morgan fingerprint density at radius 1 is 1.11 bits per heavy atom. The smallest absolute Gasteiger partial charge is 0.261 e. The Balaban J connectivity index is 1.82. The van der Waals surface area contributed by atoms with Gasteiger partial charge in [0.05, 0.1) is 27.7 Å². The molecular formula is C20H23BrN2O4S. The lowest BCUT2D eigenvalue weighted by molar-refractivity contribution is 0.0928. The first-order valence-corrected chi connectivity index (χ1v) is 11.4. The summed E-state index contributed by atoms with van der Waals surface area (Å²) in [5.74, 6) is 0.271. The lowest BCUT2D eigenvalue weighted by Crippen LogP contribution is -2.36. The van der Waals surface area contributed by atoms with Crippen LogP contribution in [-0.2, 0) is 10.0 Å². The summed E-state index contributed by atoms with van der Waals surface area (Å²) in [4.78, 5) is 12.8. The van der Waals surface area contributed by atoms with Gasteiger partial charge in [-0.05, 0) is 59.1 Å². The molecule has 2 aromatic rings. The minimum atomic E-state index is -3.87. The highest BCUT2D eigenvalue weighted by Gasteiger charge is 2.22. The molecule has 1 aliphatic rings. The van der Waals surface area contributed by atoms with E-state index in [2.05, 4.69) is 26.0 Å². The van der Waals surface area contributed by atoms with Crippen molar-refractivity contribution in [3.63, 3.8) is 0 Å². The molecule has 0 atom stereocenters. The van der Waals surface area contributed by atoms with Crippen LogP contribution in [0.5, 0.6) is 5.75 Å². The molecule has 2 aromatic carbocycles. The predicted molar refractivity (Wildman–Crippen MR) is 112 cm³/mol. The number of amides is 1. The Hall–Kier alpha value is -2.06. The molecule has 0 bridgehead atoms. The summed E-state index contributed by atoms with van der Waals surface area (Å²) >= 11 is 3.30. The maximum absolute atomic E-state index is 12.8. The third-order valence-corrected chi connectivity index (χ3v) is 6.77. The molecule has 6 nitrogen and oxygen atoms in total. The number of benzene rings is 2. The van der Waals surface area contributed by atoms with Gasteiger partial charge in [0.25, 0.3) is 15.9 Å². The van der Waals surface area contributed by atoms with Crippen molar-refractivity contribution in [1.29, 1.82) is 0 Å². The molecule has 1 saturated carbocycles. The van der Waals surface area contributed by atoms with Crippen LogP contribution < -0.4 is 14.8 Å². The van der Waals surface area contributed by atoms with Crippen molar-refractivity contribution in [2.24, 2.45) is 0 Å². The molecule has 0 heterocycles. The fourth-order valence-corrected chi connectivity index (χ4v) is 5.10. The SMILES string of the molecule is COc1ccc(S(=O)(=O)Nc2ccccc2C(=O)NC2CCCCC2)cc1Br. The summed E-state index contributed by atoms with van der Waals surface area (Å²) < 4.78 is 33.8. The average molecular weight is 467 g/mol. The Morgan fingerprint density at radius 3 is 2.50 bits per heavy atom. The zero-order chi connectivity index (χ0) is 20.1. The lowest BCUT2D eigenvalue weighted by Gasteiger charge is -2.23. The van der Waals surface area contributed by atoms with E-state index >= 15 is 0 Å². The summed E-state index contributed by atoms with van der Waals surface area (Å²) in [6.07, 6.45) is 5.32. The highest BCUT2D eigenvalue weighted by atomic mass is 79.9. The van der Waals surface area contributed by atoms with Gasteiger partial charge in [0, 0.05) is 6.04 Å². The topological polar surface area (TPSA) is 84.5 Å². The molecule has 0 aromatic heterocycles. The van der Waals surface area contributed by atoms with Crippen LogP contribution in [0.4, 0.5) is 5.69 Å². The number of methoxy groups -OCH3 is 1. The number of hydrogen-bond acceptors (Lipinski definition) is 4. The molecule has 28 heavy (non-hydrogen) atoms. The van der Waals surface area contributed by atoms with Crippen molar-refractivity contribution in [1.82, 2.24) is 5.32 Å². The van der Waals surface area contributed by atoms with Crippen LogP contribution in [0, 0.1) is 0 Å². The monoisotopic (exact) mass is 466 g/mol. The Morgan fingerprint density at radius 2 is 1.82 bits per heavy atom. The number of carbonyl (C=O) groups excluding carboxylic acids is 1. The van der Waals surface area contributed by atoms with E-state index in [1.54, 1.807) is 30.3 Å². The number of halogens is 1. The summed E-state index contributed by atoms with van der Waals surface area (Å²) in [6.45, 7) is 0. The zero-order valence-corrected chi connectivity index (χ0v) is 18.0. The fraction of sp³-hybridized carbons (Fsp3) is 0.350. The van der Waals surface area contributed by atoms with E-state index in [0.717, 1.165) is 25.7 Å². The number of anilines is 1. The average Bonchev–Trinajstić information content (AvgIpc) is 2.68. The molecule has 3 rings (SSSR count). The van der Waals surface area contributed by atoms with Gasteiger partial charge in [0.1, 0.15) is 5.75 Å². The third kappa shape index (κ3) is 4.86. The first kappa shape index (κ1) is 20.7. The number of hydrogen-bond donors (Lipinski definition) is 2. The van der Waals surface area contributed by atoms with Crippen LogP contribution in [0.2, 0.25) is 0 Å². The van der Waals surface area contributed by atoms with Crippen LogP contribution in [0.1, 0.15) is 42.5 Å². The summed E-state index contributed by atoms with van der Waals surface area (Å²) in [6, 6.07) is 11.3. The molecule has 0 saturated heterocycles. The van der Waals surface area contributed by atoms with Gasteiger partial charge in [-0.2, -0.15) is 0 Å². The molecule has 1 aliphatic carbocycles. The van der Waals surface area contributed by atoms with E-state index in [4.69, 9.17) is 4.74 Å². The van der Waals surface area contributed by atoms with Crippen LogP contribution in [0.3, 0.4) is 0 Å². The number of rotatable bonds is 6. The van der Waals surface area contributed by atoms with Gasteiger partial charge in [-0.1, -0.05) is 31.4 Å². The fourth-order valence-electron chi connectivity index (χ4n) is 3.30. The van der Waals surface area contributed by atoms with E-state index in [1.807, 2.05) is 0 Å². The van der Waals surface area contributed by atoms with Crippen molar-refractivity contribution >= 4 is 37.5 Å². The summed E-state index contributed by atoms with van der Waals surface area (Å²) in [7, 11) is -2.36. The van der Waals surface area contributed by atoms with Gasteiger partial charge in [-0.25, -0.2) is 8.42 Å². The first-order chi connectivity index (χ1) is 13.4. The molecule has 0 aliphatic heterocycles. The zero-order valence-electron chi connectivity index (χ0n) is 15.6. The lowest BCUT2D eigenvalue weighted by atomic mass is 9.95. The van der Waals surface area contributed by atoms with E-state index in [1.165, 1.54) is 25.7 Å². The second-order valence-electron chi connectivity index (χ2n) is 6.76. The Bertz CT molecular complexity index is 956. The van der Waals surface area contributed by atoms with Crippen LogP contribution in [-0.4, -0.2) is 27.5 Å². The van der Waals surface area contributed by atoms with E-state index in [9.17, 15) is 13.2 Å². The quantitative estimate of drug-likeness (QED) is 0.663. The second kappa shape index (κ2) is 8.96. The molecular weight excluding hydrogens is 444 g/mol. The van der Waals surface area contributed by atoms with Crippen molar-refractivity contribution in [2.75, 3.05) is 11.8 Å². The van der Waals surface area contributed by atoms with Gasteiger partial charge in [0.2, 0.25) is 0 Å². The normalized spacial score (nSPS) is 15.1. The number of ether oxygens (including phenoxy) is 1. The molecule has 2 N–H and O–H groups in total. The number of carbonyl (C=O) groups is 1. The molecule has 0 spiro atoms. The van der Waals surface area contributed by atoms with Gasteiger partial charge >= 0.3 is 0 Å². The third-order valence-electron chi connectivity index (χ3n) is 4.79. The van der Waals surface area contributed by atoms with Crippen molar-refractivity contribution in [3.8, 4) is 5.75 Å². The molecule has 1 amide bonds. The summed E-state index contributed by atoms with van der Waals surface area (Å²) in [5, 5.41) is 3.03. The highest BCUT2D eigenvalue weighted by molar-refractivity contribution is 9.10. The largest absolute Gasteiger partial charge is 0.496 e. The van der Waals surface area contributed by atoms with Gasteiger partial charge in [-0.15, -0.1) is 0 Å². The van der Waals surface area contributed by atoms with E-state index < -0.39 is 10.0 Å². The first-order valence-electron chi connectivity index (χ1n) is 9.17. The van der Waals surface area contributed by atoms with Crippen molar-refractivity contribution < 1.29 is 17.9 Å². The second-order valence-corrected chi connectivity index (χ2v) is 9.29. The Kier molecular flexibility index (Phi) is 6.61. The van der Waals surface area contributed by atoms with Crippen LogP contribution in [0.15, 0.2) is 51.8 Å². The van der Waals surface area contributed by atoms with Crippen molar-refractivity contribution in [3.05, 3.63) is 52.5 Å². The van der Waals surface area contributed by atoms with Crippen LogP contribution >= 0.6 is 15.9 Å². The predicted octanol–water partition coefficient (Wildman–Crippen LogP) is 4.32. The maximum Gasteiger partial charge on any atom is 0.261 e. The van der Waals surface area contributed by atoms with Gasteiger partial charge < -0.3 is 10.1 Å². The van der Waals surface area contributed by atoms with Gasteiger partial charge in [-0.3, -0.25) is 9.52 Å². The van der Waals surface area contributed by atoms with Crippen molar-refractivity contribution in [2.45, 2.75) is 43.0 Å². The molecule has 0 unspecified atom stereocenters. The number of nitrogens with one attached hydrogen (secondary N) is 2. The van der Waals surface area contributed by atoms with E-state index in [-0.39, 0.29) is 22.5 Å². The highest BCUT2D eigenvalue weighted by Crippen LogP contribution is 2.29. The summed E-state index contributed by atoms with van der Waals surface area (Å²) in [5.41, 5.74) is 0.562. The molecule has 150 valence electrons. The standard InChI is InChI=1S/C20H23BrN2O4S/c1-27-19-12-11-15(13-17(19)21)28(25,26)23-18-10-6-5-9-16(18)20(24)22-14-7-3-2-4-8-14/h5-6,9-14,23H,2-4,7-8H2,1H3,(H,22,24). The minimum absolute atomic E-state index is 0.0719. The molecule has 8 heteroatoms. The number of para-hydroxylation sites is 1. The Labute approximate surface area is 173 Å². The minimum Gasteiger partial charge on any atom is -0.496 e. The number of sulfonamides is 1. The molecule has 1 fully saturated rings. The van der Waals surface area contributed by atoms with Gasteiger partial charge in [0.15, 0.2) is 0 Å². The van der Waals surface area contributed by atoms with Crippen LogP contribution in [0.25, 0.3) is 0 Å². The van der Waals surface area contributed by atoms with E-state index in [0.29, 0.717) is 15.8 Å². The maximum atomic E-state index is 12.8. The molecule has 0 radical (unpaired) electrons.